The smallest absolute Gasteiger partial charge is 0.318 e. The maximum Gasteiger partial charge on any atom is 0.318 e. The van der Waals surface area contributed by atoms with Gasteiger partial charge in [-0.2, -0.15) is 0 Å². The predicted molar refractivity (Wildman–Crippen MR) is 76.2 cm³/mol. The van der Waals surface area contributed by atoms with E-state index < -0.39 is 39.7 Å². The quantitative estimate of drug-likeness (QED) is 0.391. The predicted octanol–water partition coefficient (Wildman–Crippen LogP) is 1.61. The molecule has 0 aliphatic rings. The lowest BCUT2D eigenvalue weighted by Gasteiger charge is -2.20. The second kappa shape index (κ2) is 9.09. The van der Waals surface area contributed by atoms with E-state index in [1.807, 2.05) is 0 Å². The van der Waals surface area contributed by atoms with E-state index in [-0.39, 0.29) is 0 Å². The standard InChI is InChI=1S/C7H10Cl6N2O5/c8-6(9,10)3(16)19-1-14-5(18)15-2-20-4(17)7(11,12)13/h3-4,16-17H,1-2H2,(H2,14,15,18). The third-order valence-electron chi connectivity index (χ3n) is 1.51. The minimum absolute atomic E-state index is 0.450. The van der Waals surface area contributed by atoms with Gasteiger partial charge in [0.25, 0.3) is 0 Å². The van der Waals surface area contributed by atoms with Gasteiger partial charge in [0.15, 0.2) is 0 Å². The zero-order valence-electron chi connectivity index (χ0n) is 9.46. The molecular formula is C7H10Cl6N2O5. The van der Waals surface area contributed by atoms with Crippen LogP contribution in [0.5, 0.6) is 0 Å². The lowest BCUT2D eigenvalue weighted by Crippen LogP contribution is -2.42. The minimum atomic E-state index is -2.05. The van der Waals surface area contributed by atoms with Crippen molar-refractivity contribution in [3.05, 3.63) is 0 Å². The van der Waals surface area contributed by atoms with Crippen molar-refractivity contribution in [1.29, 1.82) is 0 Å². The first-order chi connectivity index (χ1) is 8.94. The third-order valence-corrected chi connectivity index (χ3v) is 2.63. The summed E-state index contributed by atoms with van der Waals surface area (Å²) >= 11 is 31.8. The second-order valence-corrected chi connectivity index (χ2v) is 7.83. The molecule has 13 heteroatoms. The van der Waals surface area contributed by atoms with Gasteiger partial charge in [-0.15, -0.1) is 0 Å². The first kappa shape index (κ1) is 20.9. The van der Waals surface area contributed by atoms with Crippen molar-refractivity contribution in [3.63, 3.8) is 0 Å². The van der Waals surface area contributed by atoms with Gasteiger partial charge in [-0.1, -0.05) is 69.6 Å². The van der Waals surface area contributed by atoms with E-state index in [1.54, 1.807) is 0 Å². The van der Waals surface area contributed by atoms with Crippen molar-refractivity contribution in [2.24, 2.45) is 0 Å². The molecule has 2 unspecified atom stereocenters. The maximum atomic E-state index is 11.2. The number of aliphatic hydroxyl groups is 2. The summed E-state index contributed by atoms with van der Waals surface area (Å²) in [5.74, 6) is 0. The average Bonchev–Trinajstić information content (AvgIpc) is 2.26. The van der Waals surface area contributed by atoms with E-state index in [1.165, 1.54) is 0 Å². The van der Waals surface area contributed by atoms with Crippen LogP contribution in [-0.2, 0) is 9.47 Å². The van der Waals surface area contributed by atoms with Gasteiger partial charge in [0.1, 0.15) is 13.5 Å². The number of carbonyl (C=O) groups excluding carboxylic acids is 1. The lowest BCUT2D eigenvalue weighted by atomic mass is 10.7. The molecule has 0 bridgehead atoms. The molecule has 0 fully saturated rings. The highest BCUT2D eigenvalue weighted by atomic mass is 35.6. The Morgan fingerprint density at radius 2 is 1.20 bits per heavy atom. The van der Waals surface area contributed by atoms with E-state index >= 15 is 0 Å². The Labute approximate surface area is 144 Å². The third kappa shape index (κ3) is 9.73. The Balaban J connectivity index is 3.76. The molecule has 0 rings (SSSR count). The lowest BCUT2D eigenvalue weighted by molar-refractivity contribution is -0.102. The van der Waals surface area contributed by atoms with Crippen molar-refractivity contribution >= 4 is 75.6 Å². The fourth-order valence-electron chi connectivity index (χ4n) is 0.624. The number of urea groups is 1. The van der Waals surface area contributed by atoms with E-state index in [0.717, 1.165) is 0 Å². The summed E-state index contributed by atoms with van der Waals surface area (Å²) in [5.41, 5.74) is 0. The molecular weight excluding hydrogens is 405 g/mol. The summed E-state index contributed by atoms with van der Waals surface area (Å²) in [6.45, 7) is -0.901. The second-order valence-electron chi connectivity index (χ2n) is 3.09. The highest BCUT2D eigenvalue weighted by molar-refractivity contribution is 6.68. The molecule has 120 valence electrons. The fourth-order valence-corrected chi connectivity index (χ4v) is 1.00. The minimum Gasteiger partial charge on any atom is -0.364 e. The van der Waals surface area contributed by atoms with Crippen LogP contribution in [0.25, 0.3) is 0 Å². The SMILES string of the molecule is O=C(NCOC(O)C(Cl)(Cl)Cl)NCOC(O)C(Cl)(Cl)Cl. The Bertz CT molecular complexity index is 281. The van der Waals surface area contributed by atoms with E-state index in [4.69, 9.17) is 79.8 Å². The van der Waals surface area contributed by atoms with E-state index in [2.05, 4.69) is 20.1 Å². The van der Waals surface area contributed by atoms with Gasteiger partial charge < -0.3 is 30.3 Å². The molecule has 0 aliphatic carbocycles. The van der Waals surface area contributed by atoms with Crippen LogP contribution in [0.4, 0.5) is 4.79 Å². The van der Waals surface area contributed by atoms with Gasteiger partial charge in [0, 0.05) is 0 Å². The molecule has 0 aromatic rings. The summed E-state index contributed by atoms with van der Waals surface area (Å²) in [6.07, 6.45) is -3.45. The fraction of sp³-hybridized carbons (Fsp3) is 0.857. The number of carbonyl (C=O) groups is 1. The molecule has 0 aromatic carbocycles. The van der Waals surface area contributed by atoms with Crippen molar-refractivity contribution < 1.29 is 24.5 Å². The van der Waals surface area contributed by atoms with Gasteiger partial charge in [-0.25, -0.2) is 4.79 Å². The molecule has 0 heterocycles. The highest BCUT2D eigenvalue weighted by Crippen LogP contribution is 2.31. The Kier molecular flexibility index (Phi) is 9.48. The summed E-state index contributed by atoms with van der Waals surface area (Å²) in [5, 5.41) is 22.5. The van der Waals surface area contributed by atoms with Gasteiger partial charge in [-0.05, 0) is 0 Å². The first-order valence-electron chi connectivity index (χ1n) is 4.69. The Morgan fingerprint density at radius 3 is 1.45 bits per heavy atom. The van der Waals surface area contributed by atoms with Gasteiger partial charge >= 0.3 is 6.03 Å². The van der Waals surface area contributed by atoms with Crippen LogP contribution < -0.4 is 10.6 Å². The van der Waals surface area contributed by atoms with Crippen LogP contribution in [0.3, 0.4) is 0 Å². The Hall–Kier alpha value is 0.850. The van der Waals surface area contributed by atoms with Crippen LogP contribution in [0, 0.1) is 0 Å². The first-order valence-corrected chi connectivity index (χ1v) is 6.96. The van der Waals surface area contributed by atoms with E-state index in [9.17, 15) is 4.79 Å². The molecule has 0 saturated heterocycles. The number of ether oxygens (including phenoxy) is 2. The van der Waals surface area contributed by atoms with Gasteiger partial charge in [-0.3, -0.25) is 0 Å². The molecule has 7 nitrogen and oxygen atoms in total. The zero-order chi connectivity index (χ0) is 16.0. The van der Waals surface area contributed by atoms with E-state index in [0.29, 0.717) is 0 Å². The molecule has 20 heavy (non-hydrogen) atoms. The summed E-state index contributed by atoms with van der Waals surface area (Å²) in [7, 11) is 0. The number of nitrogens with one attached hydrogen (secondary N) is 2. The molecule has 0 radical (unpaired) electrons. The number of aliphatic hydroxyl groups excluding tert-OH is 2. The van der Waals surface area contributed by atoms with Crippen molar-refractivity contribution in [1.82, 2.24) is 10.6 Å². The normalized spacial score (nSPS) is 15.6. The number of hydrogen-bond acceptors (Lipinski definition) is 5. The largest absolute Gasteiger partial charge is 0.364 e. The molecule has 2 atom stereocenters. The molecule has 2 amide bonds. The molecule has 0 spiro atoms. The van der Waals surface area contributed by atoms with Crippen molar-refractivity contribution in [2.45, 2.75) is 20.2 Å². The van der Waals surface area contributed by atoms with Crippen molar-refractivity contribution in [2.75, 3.05) is 13.5 Å². The summed E-state index contributed by atoms with van der Waals surface area (Å²) in [6, 6.07) is -0.766. The molecule has 0 aliphatic heterocycles. The number of amides is 2. The number of rotatable bonds is 6. The van der Waals surface area contributed by atoms with Gasteiger partial charge in [0.05, 0.1) is 0 Å². The summed E-state index contributed by atoms with van der Waals surface area (Å²) < 4.78 is 5.09. The number of halogens is 6. The number of hydrogen-bond donors (Lipinski definition) is 4. The van der Waals surface area contributed by atoms with Crippen LogP contribution in [0.15, 0.2) is 0 Å². The van der Waals surface area contributed by atoms with Crippen LogP contribution in [-0.4, -0.2) is 49.9 Å². The van der Waals surface area contributed by atoms with Gasteiger partial charge in [0.2, 0.25) is 20.2 Å². The molecule has 0 aromatic heterocycles. The van der Waals surface area contributed by atoms with Crippen molar-refractivity contribution in [3.8, 4) is 0 Å². The topological polar surface area (TPSA) is 100 Å². The summed E-state index contributed by atoms with van der Waals surface area (Å²) in [4.78, 5) is 11.2. The maximum absolute atomic E-state index is 11.2. The average molecular weight is 415 g/mol. The van der Waals surface area contributed by atoms with Crippen LogP contribution >= 0.6 is 69.6 Å². The van der Waals surface area contributed by atoms with Crippen LogP contribution in [0.1, 0.15) is 0 Å². The zero-order valence-corrected chi connectivity index (χ0v) is 14.0. The Morgan fingerprint density at radius 1 is 0.900 bits per heavy atom. The molecule has 4 N–H and O–H groups in total. The van der Waals surface area contributed by atoms with Crippen LogP contribution in [0.2, 0.25) is 0 Å². The monoisotopic (exact) mass is 412 g/mol. The number of alkyl halides is 6. The highest BCUT2D eigenvalue weighted by Gasteiger charge is 2.32. The molecule has 0 saturated carbocycles.